The molecule has 1 aliphatic heterocycles. The molecule has 1 aliphatic rings. The lowest BCUT2D eigenvalue weighted by Gasteiger charge is -2.36. The Bertz CT molecular complexity index is 951. The van der Waals surface area contributed by atoms with Crippen LogP contribution in [0.3, 0.4) is 0 Å². The summed E-state index contributed by atoms with van der Waals surface area (Å²) >= 11 is 0. The summed E-state index contributed by atoms with van der Waals surface area (Å²) in [6.45, 7) is 7.55. The van der Waals surface area contributed by atoms with Gasteiger partial charge in [0.05, 0.1) is 19.3 Å². The third kappa shape index (κ3) is 4.42. The third-order valence-electron chi connectivity index (χ3n) is 5.76. The lowest BCUT2D eigenvalue weighted by atomic mass is 9.90. The normalized spacial score (nSPS) is 17.6. The Hall–Kier alpha value is -2.49. The van der Waals surface area contributed by atoms with E-state index in [1.807, 2.05) is 12.1 Å². The zero-order valence-electron chi connectivity index (χ0n) is 17.1. The number of hydrogen-bond acceptors (Lipinski definition) is 2. The van der Waals surface area contributed by atoms with Gasteiger partial charge < -0.3 is 4.74 Å². The lowest BCUT2D eigenvalue weighted by Crippen LogP contribution is -2.39. The predicted molar refractivity (Wildman–Crippen MR) is 116 cm³/mol. The molecule has 0 amide bonds. The molecule has 4 rings (SSSR count). The van der Waals surface area contributed by atoms with E-state index in [2.05, 4.69) is 67.3 Å². The van der Waals surface area contributed by atoms with Crippen LogP contribution in [0.5, 0.6) is 0 Å². The van der Waals surface area contributed by atoms with Gasteiger partial charge in [0.1, 0.15) is 5.82 Å². The van der Waals surface area contributed by atoms with Crippen molar-refractivity contribution in [3.05, 3.63) is 95.3 Å². The Morgan fingerprint density at radius 3 is 2.38 bits per heavy atom. The lowest BCUT2D eigenvalue weighted by molar-refractivity contribution is -0.0126. The Morgan fingerprint density at radius 1 is 0.931 bits per heavy atom. The number of morpholine rings is 1. The highest BCUT2D eigenvalue weighted by Crippen LogP contribution is 2.34. The molecule has 0 radical (unpaired) electrons. The maximum atomic E-state index is 13.4. The van der Waals surface area contributed by atoms with Crippen molar-refractivity contribution in [3.63, 3.8) is 0 Å². The highest BCUT2D eigenvalue weighted by atomic mass is 19.1. The molecule has 1 atom stereocenters. The van der Waals surface area contributed by atoms with Gasteiger partial charge in [-0.2, -0.15) is 0 Å². The number of nitrogens with zero attached hydrogens (tertiary/aromatic N) is 1. The minimum atomic E-state index is -0.201. The van der Waals surface area contributed by atoms with Crippen LogP contribution in [0.1, 0.15) is 42.5 Å². The fourth-order valence-corrected chi connectivity index (χ4v) is 4.20. The topological polar surface area (TPSA) is 12.5 Å². The van der Waals surface area contributed by atoms with Gasteiger partial charge in [-0.25, -0.2) is 4.39 Å². The summed E-state index contributed by atoms with van der Waals surface area (Å²) in [5.74, 6) is 0.266. The summed E-state index contributed by atoms with van der Waals surface area (Å²) in [7, 11) is 0. The summed E-state index contributed by atoms with van der Waals surface area (Å²) < 4.78 is 19.2. The summed E-state index contributed by atoms with van der Waals surface area (Å²) in [4.78, 5) is 2.45. The molecule has 3 heteroatoms. The third-order valence-corrected chi connectivity index (χ3v) is 5.76. The SMILES string of the molecule is CC(C)c1ccccc1-c1ccccc1CN1CCOCC1c1ccc(F)cc1. The van der Waals surface area contributed by atoms with Crippen molar-refractivity contribution in [2.75, 3.05) is 19.8 Å². The van der Waals surface area contributed by atoms with Gasteiger partial charge in [0.25, 0.3) is 0 Å². The van der Waals surface area contributed by atoms with Crippen LogP contribution in [0.4, 0.5) is 4.39 Å². The molecule has 29 heavy (non-hydrogen) atoms. The van der Waals surface area contributed by atoms with Crippen LogP contribution in [0.25, 0.3) is 11.1 Å². The number of rotatable bonds is 5. The zero-order valence-corrected chi connectivity index (χ0v) is 17.1. The van der Waals surface area contributed by atoms with Crippen molar-refractivity contribution < 1.29 is 9.13 Å². The maximum absolute atomic E-state index is 13.4. The van der Waals surface area contributed by atoms with E-state index in [-0.39, 0.29) is 11.9 Å². The van der Waals surface area contributed by atoms with Crippen LogP contribution in [0.2, 0.25) is 0 Å². The van der Waals surface area contributed by atoms with Crippen LogP contribution < -0.4 is 0 Å². The molecule has 2 nitrogen and oxygen atoms in total. The molecule has 0 bridgehead atoms. The second-order valence-corrected chi connectivity index (χ2v) is 8.01. The molecule has 0 aromatic heterocycles. The second kappa shape index (κ2) is 8.89. The smallest absolute Gasteiger partial charge is 0.123 e. The van der Waals surface area contributed by atoms with Gasteiger partial charge in [0, 0.05) is 13.1 Å². The van der Waals surface area contributed by atoms with Gasteiger partial charge in [-0.15, -0.1) is 0 Å². The van der Waals surface area contributed by atoms with Gasteiger partial charge in [-0.05, 0) is 45.9 Å². The summed E-state index contributed by atoms with van der Waals surface area (Å²) in [6, 6.07) is 24.3. The van der Waals surface area contributed by atoms with E-state index in [1.54, 1.807) is 0 Å². The van der Waals surface area contributed by atoms with Crippen molar-refractivity contribution >= 4 is 0 Å². The van der Waals surface area contributed by atoms with Gasteiger partial charge >= 0.3 is 0 Å². The minimum absolute atomic E-state index is 0.137. The maximum Gasteiger partial charge on any atom is 0.123 e. The van der Waals surface area contributed by atoms with E-state index in [9.17, 15) is 4.39 Å². The molecule has 0 aliphatic carbocycles. The summed E-state index contributed by atoms with van der Waals surface area (Å²) in [6.07, 6.45) is 0. The van der Waals surface area contributed by atoms with Crippen molar-refractivity contribution in [2.45, 2.75) is 32.4 Å². The van der Waals surface area contributed by atoms with E-state index in [4.69, 9.17) is 4.74 Å². The Balaban J connectivity index is 1.67. The minimum Gasteiger partial charge on any atom is -0.378 e. The van der Waals surface area contributed by atoms with Crippen LogP contribution in [0.15, 0.2) is 72.8 Å². The molecule has 0 saturated carbocycles. The van der Waals surface area contributed by atoms with E-state index in [0.717, 1.165) is 25.3 Å². The van der Waals surface area contributed by atoms with Crippen molar-refractivity contribution in [1.82, 2.24) is 4.90 Å². The van der Waals surface area contributed by atoms with Crippen molar-refractivity contribution in [2.24, 2.45) is 0 Å². The number of ether oxygens (including phenoxy) is 1. The average Bonchev–Trinajstić information content (AvgIpc) is 2.75. The van der Waals surface area contributed by atoms with E-state index in [0.29, 0.717) is 12.5 Å². The van der Waals surface area contributed by atoms with Crippen LogP contribution in [-0.2, 0) is 11.3 Å². The molecule has 0 N–H and O–H groups in total. The highest BCUT2D eigenvalue weighted by molar-refractivity contribution is 5.71. The first-order chi connectivity index (χ1) is 14.1. The quantitative estimate of drug-likeness (QED) is 0.516. The van der Waals surface area contributed by atoms with Gasteiger partial charge in [0.2, 0.25) is 0 Å². The first-order valence-corrected chi connectivity index (χ1v) is 10.4. The van der Waals surface area contributed by atoms with Crippen molar-refractivity contribution in [1.29, 1.82) is 0 Å². The van der Waals surface area contributed by atoms with Crippen LogP contribution in [0, 0.1) is 5.82 Å². The molecule has 3 aromatic carbocycles. The molecular formula is C26H28FNO. The van der Waals surface area contributed by atoms with Crippen LogP contribution in [-0.4, -0.2) is 24.7 Å². The van der Waals surface area contributed by atoms with Crippen molar-refractivity contribution in [3.8, 4) is 11.1 Å². The number of benzene rings is 3. The Kier molecular flexibility index (Phi) is 6.08. The van der Waals surface area contributed by atoms with E-state index in [1.165, 1.54) is 34.4 Å². The first-order valence-electron chi connectivity index (χ1n) is 10.4. The molecular weight excluding hydrogens is 361 g/mol. The molecule has 1 unspecified atom stereocenters. The van der Waals surface area contributed by atoms with Gasteiger partial charge in [-0.1, -0.05) is 74.5 Å². The zero-order chi connectivity index (χ0) is 20.2. The van der Waals surface area contributed by atoms with Gasteiger partial charge in [-0.3, -0.25) is 4.90 Å². The molecule has 1 fully saturated rings. The highest BCUT2D eigenvalue weighted by Gasteiger charge is 2.25. The first kappa shape index (κ1) is 19.8. The fraction of sp³-hybridized carbons (Fsp3) is 0.308. The van der Waals surface area contributed by atoms with Crippen LogP contribution >= 0.6 is 0 Å². The molecule has 0 spiro atoms. The second-order valence-electron chi connectivity index (χ2n) is 8.01. The predicted octanol–water partition coefficient (Wildman–Crippen LogP) is 6.19. The van der Waals surface area contributed by atoms with Gasteiger partial charge in [0.15, 0.2) is 0 Å². The monoisotopic (exact) mass is 389 g/mol. The molecule has 150 valence electrons. The number of hydrogen-bond donors (Lipinski definition) is 0. The average molecular weight is 390 g/mol. The molecule has 3 aromatic rings. The number of halogens is 1. The summed E-state index contributed by atoms with van der Waals surface area (Å²) in [5, 5.41) is 0. The molecule has 1 saturated heterocycles. The largest absolute Gasteiger partial charge is 0.378 e. The Morgan fingerprint density at radius 2 is 1.62 bits per heavy atom. The van der Waals surface area contributed by atoms with E-state index < -0.39 is 0 Å². The van der Waals surface area contributed by atoms with E-state index >= 15 is 0 Å². The standard InChI is InChI=1S/C26H28FNO/c1-19(2)23-8-5-6-10-25(23)24-9-4-3-7-21(24)17-28-15-16-29-18-26(28)20-11-13-22(27)14-12-20/h3-14,19,26H,15-18H2,1-2H3. The summed E-state index contributed by atoms with van der Waals surface area (Å²) in [5.41, 5.74) is 6.39. The molecule has 1 heterocycles. The fourth-order valence-electron chi connectivity index (χ4n) is 4.20. The Labute approximate surface area is 172 Å².